The molecule has 1 aromatic carbocycles. The van der Waals surface area contributed by atoms with Gasteiger partial charge in [-0.1, -0.05) is 35.0 Å². The van der Waals surface area contributed by atoms with Crippen LogP contribution in [0.2, 0.25) is 0 Å². The Balaban J connectivity index is 1.77. The van der Waals surface area contributed by atoms with E-state index < -0.39 is 0 Å². The maximum atomic E-state index is 3.72. The summed E-state index contributed by atoms with van der Waals surface area (Å²) in [4.78, 5) is 2.72. The molecule has 1 aromatic rings. The van der Waals surface area contributed by atoms with Gasteiger partial charge in [-0.05, 0) is 62.4 Å². The van der Waals surface area contributed by atoms with Gasteiger partial charge in [-0.3, -0.25) is 4.90 Å². The number of nitrogens with zero attached hydrogens (tertiary/aromatic N) is 1. The van der Waals surface area contributed by atoms with Crippen molar-refractivity contribution in [3.05, 3.63) is 33.8 Å². The molecule has 2 aliphatic rings. The van der Waals surface area contributed by atoms with Gasteiger partial charge in [0.05, 0.1) is 0 Å². The van der Waals surface area contributed by atoms with Crippen LogP contribution in [0.25, 0.3) is 0 Å². The number of hydrogen-bond donors (Lipinski definition) is 1. The molecule has 1 fully saturated rings. The Morgan fingerprint density at radius 2 is 2.25 bits per heavy atom. The van der Waals surface area contributed by atoms with E-state index in [1.165, 1.54) is 61.8 Å². The molecule has 0 radical (unpaired) electrons. The normalized spacial score (nSPS) is 25.4. The van der Waals surface area contributed by atoms with Crippen LogP contribution >= 0.6 is 15.9 Å². The Labute approximate surface area is 131 Å². The maximum absolute atomic E-state index is 3.72. The second-order valence-corrected chi connectivity index (χ2v) is 7.00. The monoisotopic (exact) mass is 336 g/mol. The third-order valence-corrected chi connectivity index (χ3v) is 5.49. The van der Waals surface area contributed by atoms with Crippen molar-refractivity contribution in [1.82, 2.24) is 10.2 Å². The van der Waals surface area contributed by atoms with Crippen molar-refractivity contribution in [2.75, 3.05) is 19.6 Å². The summed E-state index contributed by atoms with van der Waals surface area (Å²) in [7, 11) is 0. The minimum Gasteiger partial charge on any atom is -0.313 e. The lowest BCUT2D eigenvalue weighted by atomic mass is 10.1. The van der Waals surface area contributed by atoms with E-state index in [0.717, 1.165) is 0 Å². The molecule has 0 aromatic heterocycles. The number of hydrogen-bond acceptors (Lipinski definition) is 2. The second-order valence-electron chi connectivity index (χ2n) is 6.15. The van der Waals surface area contributed by atoms with Crippen LogP contribution < -0.4 is 5.32 Å². The molecule has 3 rings (SSSR count). The van der Waals surface area contributed by atoms with Gasteiger partial charge in [0.15, 0.2) is 0 Å². The van der Waals surface area contributed by atoms with Crippen molar-refractivity contribution in [3.8, 4) is 0 Å². The lowest BCUT2D eigenvalue weighted by molar-refractivity contribution is 0.180. The van der Waals surface area contributed by atoms with E-state index in [1.54, 1.807) is 5.56 Å². The fourth-order valence-corrected chi connectivity index (χ4v) is 4.40. The van der Waals surface area contributed by atoms with Crippen molar-refractivity contribution in [2.24, 2.45) is 0 Å². The van der Waals surface area contributed by atoms with Gasteiger partial charge in [-0.25, -0.2) is 0 Å². The minimum atomic E-state index is 0.629. The summed E-state index contributed by atoms with van der Waals surface area (Å²) in [5.41, 5.74) is 3.10. The highest BCUT2D eigenvalue weighted by molar-refractivity contribution is 9.10. The third kappa shape index (κ3) is 2.95. The average Bonchev–Trinajstić information content (AvgIpc) is 3.07. The summed E-state index contributed by atoms with van der Waals surface area (Å²) in [6, 6.07) is 8.05. The molecular formula is C17H25BrN2. The van der Waals surface area contributed by atoms with Crippen molar-refractivity contribution < 1.29 is 0 Å². The minimum absolute atomic E-state index is 0.629. The summed E-state index contributed by atoms with van der Waals surface area (Å²) in [5.74, 6) is 0. The third-order valence-electron chi connectivity index (χ3n) is 4.75. The standard InChI is InChI=1S/C17H25BrN2/c1-2-11-20(12-13-5-4-10-19-13)17-9-8-14-15(17)6-3-7-16(14)18/h3,6-7,13,17,19H,2,4-5,8-12H2,1H3. The molecule has 1 heterocycles. The Morgan fingerprint density at radius 1 is 1.35 bits per heavy atom. The molecule has 0 amide bonds. The van der Waals surface area contributed by atoms with Gasteiger partial charge in [0.2, 0.25) is 0 Å². The first-order valence-electron chi connectivity index (χ1n) is 8.04. The lowest BCUT2D eigenvalue weighted by Gasteiger charge is -2.31. The molecule has 0 bridgehead atoms. The first-order valence-corrected chi connectivity index (χ1v) is 8.83. The Morgan fingerprint density at radius 3 is 3.00 bits per heavy atom. The van der Waals surface area contributed by atoms with Crippen LogP contribution in [-0.2, 0) is 6.42 Å². The van der Waals surface area contributed by atoms with Crippen LogP contribution in [0.5, 0.6) is 0 Å². The molecule has 2 nitrogen and oxygen atoms in total. The molecule has 1 aliphatic heterocycles. The van der Waals surface area contributed by atoms with Gasteiger partial charge in [-0.15, -0.1) is 0 Å². The topological polar surface area (TPSA) is 15.3 Å². The molecule has 1 aliphatic carbocycles. The van der Waals surface area contributed by atoms with Crippen LogP contribution in [0.4, 0.5) is 0 Å². The SMILES string of the molecule is CCCN(CC1CCCN1)C1CCc2c(Br)cccc21. The highest BCUT2D eigenvalue weighted by Crippen LogP contribution is 2.39. The number of rotatable bonds is 5. The van der Waals surface area contributed by atoms with Gasteiger partial charge in [-0.2, -0.15) is 0 Å². The molecule has 110 valence electrons. The summed E-state index contributed by atoms with van der Waals surface area (Å²) < 4.78 is 1.30. The second kappa shape index (κ2) is 6.59. The Hall–Kier alpha value is -0.380. The first kappa shape index (κ1) is 14.6. The molecule has 20 heavy (non-hydrogen) atoms. The fraction of sp³-hybridized carbons (Fsp3) is 0.647. The quantitative estimate of drug-likeness (QED) is 0.877. The van der Waals surface area contributed by atoms with Crippen molar-refractivity contribution in [1.29, 1.82) is 0 Å². The molecule has 3 heteroatoms. The predicted molar refractivity (Wildman–Crippen MR) is 88.1 cm³/mol. The number of nitrogens with one attached hydrogen (secondary N) is 1. The summed E-state index contributed by atoms with van der Waals surface area (Å²) in [5, 5.41) is 3.65. The zero-order chi connectivity index (χ0) is 13.9. The van der Waals surface area contributed by atoms with Gasteiger partial charge in [0.25, 0.3) is 0 Å². The van der Waals surface area contributed by atoms with Crippen LogP contribution in [0.1, 0.15) is 49.8 Å². The molecule has 1 N–H and O–H groups in total. The van der Waals surface area contributed by atoms with E-state index in [1.807, 2.05) is 0 Å². The Bertz CT molecular complexity index is 454. The summed E-state index contributed by atoms with van der Waals surface area (Å²) >= 11 is 3.72. The number of benzene rings is 1. The van der Waals surface area contributed by atoms with Crippen LogP contribution in [0.3, 0.4) is 0 Å². The smallest absolute Gasteiger partial charge is 0.0355 e. The zero-order valence-corrected chi connectivity index (χ0v) is 14.0. The van der Waals surface area contributed by atoms with E-state index in [-0.39, 0.29) is 0 Å². The van der Waals surface area contributed by atoms with E-state index in [4.69, 9.17) is 0 Å². The largest absolute Gasteiger partial charge is 0.313 e. The Kier molecular flexibility index (Phi) is 4.79. The summed E-state index contributed by atoms with van der Waals surface area (Å²) in [6.45, 7) is 5.93. The predicted octanol–water partition coefficient (Wildman–Crippen LogP) is 3.90. The molecule has 0 saturated carbocycles. The van der Waals surface area contributed by atoms with E-state index in [2.05, 4.69) is 51.3 Å². The van der Waals surface area contributed by atoms with Crippen LogP contribution in [0, 0.1) is 0 Å². The molecule has 2 atom stereocenters. The number of halogens is 1. The number of fused-ring (bicyclic) bond motifs is 1. The van der Waals surface area contributed by atoms with E-state index in [0.29, 0.717) is 12.1 Å². The average molecular weight is 337 g/mol. The maximum Gasteiger partial charge on any atom is 0.0355 e. The van der Waals surface area contributed by atoms with E-state index >= 15 is 0 Å². The van der Waals surface area contributed by atoms with Gasteiger partial charge in [0.1, 0.15) is 0 Å². The fourth-order valence-electron chi connectivity index (χ4n) is 3.82. The molecular weight excluding hydrogens is 312 g/mol. The summed E-state index contributed by atoms with van der Waals surface area (Å²) in [6.07, 6.45) is 6.44. The van der Waals surface area contributed by atoms with Crippen molar-refractivity contribution in [2.45, 2.75) is 51.1 Å². The molecule has 0 spiro atoms. The lowest BCUT2D eigenvalue weighted by Crippen LogP contribution is -2.39. The van der Waals surface area contributed by atoms with E-state index in [9.17, 15) is 0 Å². The molecule has 1 saturated heterocycles. The van der Waals surface area contributed by atoms with Gasteiger partial charge < -0.3 is 5.32 Å². The van der Waals surface area contributed by atoms with Gasteiger partial charge >= 0.3 is 0 Å². The highest BCUT2D eigenvalue weighted by atomic mass is 79.9. The van der Waals surface area contributed by atoms with Crippen molar-refractivity contribution >= 4 is 15.9 Å². The van der Waals surface area contributed by atoms with Crippen molar-refractivity contribution in [3.63, 3.8) is 0 Å². The van der Waals surface area contributed by atoms with Crippen LogP contribution in [-0.4, -0.2) is 30.6 Å². The highest BCUT2D eigenvalue weighted by Gasteiger charge is 2.30. The zero-order valence-electron chi connectivity index (χ0n) is 12.4. The molecule has 2 unspecified atom stereocenters. The van der Waals surface area contributed by atoms with Gasteiger partial charge in [0, 0.05) is 23.1 Å². The van der Waals surface area contributed by atoms with Crippen LogP contribution in [0.15, 0.2) is 22.7 Å². The first-order chi connectivity index (χ1) is 9.79.